The third-order valence-corrected chi connectivity index (χ3v) is 6.15. The molecule has 0 radical (unpaired) electrons. The van der Waals surface area contributed by atoms with Crippen molar-refractivity contribution in [1.82, 2.24) is 14.5 Å². The molecule has 0 aliphatic heterocycles. The zero-order valence-corrected chi connectivity index (χ0v) is 16.7. The first-order valence-corrected chi connectivity index (χ1v) is 10.4. The molecule has 0 unspecified atom stereocenters. The van der Waals surface area contributed by atoms with E-state index in [-0.39, 0.29) is 22.6 Å². The maximum Gasteiger partial charge on any atom is 0.334 e. The summed E-state index contributed by atoms with van der Waals surface area (Å²) in [4.78, 5) is 37.1. The molecule has 28 heavy (non-hydrogen) atoms. The number of aromatic hydroxyl groups is 1. The molecule has 1 aromatic heterocycles. The number of nitrogens with one attached hydrogen (secondary N) is 1. The van der Waals surface area contributed by atoms with Crippen LogP contribution in [0.15, 0.2) is 9.59 Å². The van der Waals surface area contributed by atoms with Gasteiger partial charge in [-0.25, -0.2) is 4.79 Å². The van der Waals surface area contributed by atoms with Gasteiger partial charge in [0.25, 0.3) is 5.56 Å². The van der Waals surface area contributed by atoms with Gasteiger partial charge in [-0.15, -0.1) is 0 Å². The number of carbonyl (C=O) groups is 1. The summed E-state index contributed by atoms with van der Waals surface area (Å²) in [6, 6.07) is -0.400. The van der Waals surface area contributed by atoms with Gasteiger partial charge in [0.1, 0.15) is 17.1 Å². The minimum atomic E-state index is -1.13. The lowest BCUT2D eigenvalue weighted by Crippen LogP contribution is -2.47. The van der Waals surface area contributed by atoms with Crippen LogP contribution >= 0.6 is 12.2 Å². The van der Waals surface area contributed by atoms with E-state index in [0.717, 1.165) is 64.2 Å². The molecule has 0 amide bonds. The van der Waals surface area contributed by atoms with E-state index in [0.29, 0.717) is 0 Å². The molecule has 0 aromatic carbocycles. The summed E-state index contributed by atoms with van der Waals surface area (Å²) in [5, 5.41) is 22.2. The number of hydrogen-bond donors (Lipinski definition) is 3. The summed E-state index contributed by atoms with van der Waals surface area (Å²) >= 11 is 5.22. The molecule has 8 nitrogen and oxygen atoms in total. The highest BCUT2D eigenvalue weighted by Gasteiger charge is 2.30. The zero-order valence-electron chi connectivity index (χ0n) is 15.9. The Bertz CT molecular complexity index is 864. The molecule has 3 N–H and O–H groups in total. The fraction of sp³-hybridized carbons (Fsp3) is 0.684. The molecular weight excluding hydrogens is 382 g/mol. The summed E-state index contributed by atoms with van der Waals surface area (Å²) in [6.07, 6.45) is 8.93. The van der Waals surface area contributed by atoms with Gasteiger partial charge >= 0.3 is 11.7 Å². The van der Waals surface area contributed by atoms with Gasteiger partial charge < -0.3 is 15.5 Å². The van der Waals surface area contributed by atoms with E-state index in [9.17, 15) is 19.5 Å². The Morgan fingerprint density at radius 3 is 1.96 bits per heavy atom. The van der Waals surface area contributed by atoms with E-state index in [2.05, 4.69) is 5.32 Å². The molecule has 2 aliphatic carbocycles. The van der Waals surface area contributed by atoms with Crippen LogP contribution in [0, 0.1) is 0 Å². The lowest BCUT2D eigenvalue weighted by atomic mass is 9.94. The normalized spacial score (nSPS) is 18.7. The second kappa shape index (κ2) is 8.89. The van der Waals surface area contributed by atoms with Gasteiger partial charge in [0.2, 0.25) is 5.88 Å². The zero-order chi connectivity index (χ0) is 20.3. The van der Waals surface area contributed by atoms with Crippen molar-refractivity contribution in [1.29, 1.82) is 0 Å². The van der Waals surface area contributed by atoms with Crippen molar-refractivity contribution in [3.05, 3.63) is 26.4 Å². The van der Waals surface area contributed by atoms with Gasteiger partial charge in [0.05, 0.1) is 0 Å². The highest BCUT2D eigenvalue weighted by atomic mass is 32.1. The Kier molecular flexibility index (Phi) is 6.53. The van der Waals surface area contributed by atoms with Crippen molar-refractivity contribution in [2.24, 2.45) is 0 Å². The molecule has 0 bridgehead atoms. The van der Waals surface area contributed by atoms with E-state index >= 15 is 0 Å². The van der Waals surface area contributed by atoms with E-state index in [1.165, 1.54) is 9.13 Å². The maximum atomic E-state index is 13.3. The van der Waals surface area contributed by atoms with Crippen LogP contribution in [-0.2, 0) is 4.79 Å². The van der Waals surface area contributed by atoms with Gasteiger partial charge in [-0.3, -0.25) is 18.7 Å². The molecule has 154 valence electrons. The number of hydrogen-bond acceptors (Lipinski definition) is 5. The van der Waals surface area contributed by atoms with Crippen LogP contribution in [0.3, 0.4) is 0 Å². The molecule has 0 atom stereocenters. The Hall–Kier alpha value is -2.16. The minimum Gasteiger partial charge on any atom is -0.494 e. The summed E-state index contributed by atoms with van der Waals surface area (Å²) in [5.74, 6) is -1.58. The maximum absolute atomic E-state index is 13.3. The van der Waals surface area contributed by atoms with Crippen molar-refractivity contribution < 1.29 is 15.0 Å². The van der Waals surface area contributed by atoms with Gasteiger partial charge in [-0.2, -0.15) is 0 Å². The number of carboxylic acids is 1. The highest BCUT2D eigenvalue weighted by Crippen LogP contribution is 2.32. The number of aromatic nitrogens is 2. The number of aliphatic carboxylic acids is 1. The van der Waals surface area contributed by atoms with E-state index in [4.69, 9.17) is 17.3 Å². The fourth-order valence-corrected chi connectivity index (χ4v) is 4.65. The van der Waals surface area contributed by atoms with Gasteiger partial charge in [0.15, 0.2) is 0 Å². The third-order valence-electron chi connectivity index (χ3n) is 5.80. The van der Waals surface area contributed by atoms with Crippen LogP contribution in [0.1, 0.15) is 81.9 Å². The molecule has 1 heterocycles. The Morgan fingerprint density at radius 1 is 0.964 bits per heavy atom. The predicted octanol–water partition coefficient (Wildman–Crippen LogP) is 2.08. The van der Waals surface area contributed by atoms with Crippen LogP contribution in [0.2, 0.25) is 0 Å². The largest absolute Gasteiger partial charge is 0.494 e. The molecule has 2 fully saturated rings. The van der Waals surface area contributed by atoms with Crippen LogP contribution in [0.25, 0.3) is 0 Å². The average Bonchev–Trinajstić information content (AvgIpc) is 2.68. The molecule has 2 saturated carbocycles. The number of nitrogens with zero attached hydrogens (tertiary/aromatic N) is 2. The van der Waals surface area contributed by atoms with Crippen molar-refractivity contribution in [3.63, 3.8) is 0 Å². The summed E-state index contributed by atoms with van der Waals surface area (Å²) < 4.78 is 2.57. The molecule has 1 aromatic rings. The average molecular weight is 410 g/mol. The first-order chi connectivity index (χ1) is 13.4. The highest BCUT2D eigenvalue weighted by molar-refractivity contribution is 7.80. The Balaban J connectivity index is 2.14. The first-order valence-electron chi connectivity index (χ1n) is 10.0. The Labute approximate surface area is 168 Å². The standard InChI is InChI=1S/C19H27N3O5S/c23-14(24)11-20-16(28)15-17(25)21(12-7-3-1-4-8-12)19(27)22(18(15)26)13-9-5-2-6-10-13/h12-13,25H,1-11H2,(H,20,28)(H,23,24). The van der Waals surface area contributed by atoms with Crippen molar-refractivity contribution in [2.75, 3.05) is 6.54 Å². The second-order valence-electron chi connectivity index (χ2n) is 7.69. The number of rotatable bonds is 5. The molecule has 0 saturated heterocycles. The molecule has 2 aliphatic rings. The molecular formula is C19H27N3O5S. The monoisotopic (exact) mass is 409 g/mol. The SMILES string of the molecule is O=C(O)CNC(=S)c1c(O)n(C2CCCCC2)c(=O)n(C2CCCCC2)c1=O. The predicted molar refractivity (Wildman–Crippen MR) is 108 cm³/mol. The smallest absolute Gasteiger partial charge is 0.334 e. The van der Waals surface area contributed by atoms with Gasteiger partial charge in [-0.1, -0.05) is 50.7 Å². The first kappa shape index (κ1) is 20.6. The third kappa shape index (κ3) is 4.14. The second-order valence-corrected chi connectivity index (χ2v) is 8.09. The van der Waals surface area contributed by atoms with Gasteiger partial charge in [0, 0.05) is 12.1 Å². The van der Waals surface area contributed by atoms with Crippen LogP contribution in [-0.4, -0.2) is 36.8 Å². The van der Waals surface area contributed by atoms with E-state index < -0.39 is 29.6 Å². The summed E-state index contributed by atoms with van der Waals surface area (Å²) in [6.45, 7) is -0.469. The fourth-order valence-electron chi connectivity index (χ4n) is 4.40. The van der Waals surface area contributed by atoms with Crippen molar-refractivity contribution >= 4 is 23.2 Å². The van der Waals surface area contributed by atoms with Crippen molar-refractivity contribution in [2.45, 2.75) is 76.3 Å². The quantitative estimate of drug-likeness (QED) is 0.638. The number of carboxylic acid groups (broad SMARTS) is 1. The molecule has 3 rings (SSSR count). The van der Waals surface area contributed by atoms with Gasteiger partial charge in [-0.05, 0) is 25.7 Å². The van der Waals surface area contributed by atoms with Crippen LogP contribution < -0.4 is 16.6 Å². The minimum absolute atomic E-state index is 0.140. The van der Waals surface area contributed by atoms with E-state index in [1.807, 2.05) is 0 Å². The van der Waals surface area contributed by atoms with Crippen LogP contribution in [0.5, 0.6) is 5.88 Å². The summed E-state index contributed by atoms with van der Waals surface area (Å²) in [7, 11) is 0. The lowest BCUT2D eigenvalue weighted by molar-refractivity contribution is -0.135. The van der Waals surface area contributed by atoms with Crippen LogP contribution in [0.4, 0.5) is 0 Å². The van der Waals surface area contributed by atoms with E-state index in [1.54, 1.807) is 0 Å². The Morgan fingerprint density at radius 2 is 1.46 bits per heavy atom. The van der Waals surface area contributed by atoms with Crippen molar-refractivity contribution in [3.8, 4) is 5.88 Å². The lowest BCUT2D eigenvalue weighted by Gasteiger charge is -2.29. The molecule has 0 spiro atoms. The summed E-state index contributed by atoms with van der Waals surface area (Å²) in [5.41, 5.74) is -1.29. The number of thiocarbonyl (C=S) groups is 1. The molecule has 9 heteroatoms. The topological polar surface area (TPSA) is 114 Å².